The van der Waals surface area contributed by atoms with E-state index in [0.717, 1.165) is 18.5 Å². The molecule has 0 amide bonds. The van der Waals surface area contributed by atoms with Crippen LogP contribution in [0.5, 0.6) is 0 Å². The van der Waals surface area contributed by atoms with Crippen LogP contribution in [0.3, 0.4) is 0 Å². The lowest BCUT2D eigenvalue weighted by Crippen LogP contribution is -2.39. The molecule has 0 aliphatic rings. The second-order valence-electron chi connectivity index (χ2n) is 6.57. The smallest absolute Gasteiger partial charge is 0.123 e. The molecule has 2 rings (SSSR count). The van der Waals surface area contributed by atoms with Gasteiger partial charge in [-0.05, 0) is 50.5 Å². The van der Waals surface area contributed by atoms with Gasteiger partial charge in [-0.2, -0.15) is 0 Å². The zero-order valence-electron chi connectivity index (χ0n) is 13.1. The highest BCUT2D eigenvalue weighted by Gasteiger charge is 2.17. The maximum absolute atomic E-state index is 13.5. The second kappa shape index (κ2) is 6.86. The van der Waals surface area contributed by atoms with Crippen molar-refractivity contribution in [2.45, 2.75) is 38.6 Å². The van der Waals surface area contributed by atoms with Gasteiger partial charge in [0.25, 0.3) is 0 Å². The Labute approximate surface area is 127 Å². The van der Waals surface area contributed by atoms with Gasteiger partial charge >= 0.3 is 0 Å². The lowest BCUT2D eigenvalue weighted by atomic mass is 9.91. The van der Waals surface area contributed by atoms with Gasteiger partial charge in [-0.3, -0.25) is 0 Å². The maximum Gasteiger partial charge on any atom is 0.123 e. The van der Waals surface area contributed by atoms with Crippen LogP contribution in [0.4, 0.5) is 4.39 Å². The Hall–Kier alpha value is -1.67. The van der Waals surface area contributed by atoms with Crippen molar-refractivity contribution in [1.82, 2.24) is 5.32 Å². The zero-order chi connectivity index (χ0) is 15.3. The van der Waals surface area contributed by atoms with Gasteiger partial charge in [0.2, 0.25) is 0 Å². The molecule has 1 atom stereocenters. The predicted octanol–water partition coefficient (Wildman–Crippen LogP) is 4.54. The molecule has 0 fully saturated rings. The zero-order valence-corrected chi connectivity index (χ0v) is 13.1. The third kappa shape index (κ3) is 5.31. The minimum absolute atomic E-state index is 0.0578. The van der Waals surface area contributed by atoms with Crippen LogP contribution in [-0.4, -0.2) is 12.1 Å². The van der Waals surface area contributed by atoms with E-state index in [9.17, 15) is 4.39 Å². The monoisotopic (exact) mass is 285 g/mol. The van der Waals surface area contributed by atoms with Crippen LogP contribution in [0.25, 0.3) is 0 Å². The van der Waals surface area contributed by atoms with Crippen LogP contribution in [0.1, 0.15) is 37.8 Å². The summed E-state index contributed by atoms with van der Waals surface area (Å²) in [7, 11) is 0. The van der Waals surface area contributed by atoms with E-state index in [1.807, 2.05) is 12.1 Å². The largest absolute Gasteiger partial charge is 0.311 e. The van der Waals surface area contributed by atoms with Gasteiger partial charge in [-0.1, -0.05) is 42.5 Å². The maximum atomic E-state index is 13.5. The van der Waals surface area contributed by atoms with E-state index >= 15 is 0 Å². The molecule has 1 nitrogen and oxygen atoms in total. The molecule has 0 radical (unpaired) electrons. The highest BCUT2D eigenvalue weighted by atomic mass is 19.1. The fourth-order valence-corrected chi connectivity index (χ4v) is 2.40. The highest BCUT2D eigenvalue weighted by Crippen LogP contribution is 2.22. The third-order valence-electron chi connectivity index (χ3n) is 3.52. The van der Waals surface area contributed by atoms with Crippen molar-refractivity contribution < 1.29 is 4.39 Å². The number of rotatable bonds is 5. The lowest BCUT2D eigenvalue weighted by Gasteiger charge is -2.26. The molecule has 0 saturated heterocycles. The number of benzene rings is 2. The summed E-state index contributed by atoms with van der Waals surface area (Å²) in [6, 6.07) is 17.3. The Morgan fingerprint density at radius 2 is 1.71 bits per heavy atom. The quantitative estimate of drug-likeness (QED) is 0.850. The van der Waals surface area contributed by atoms with E-state index < -0.39 is 0 Å². The van der Waals surface area contributed by atoms with E-state index in [-0.39, 0.29) is 17.3 Å². The van der Waals surface area contributed by atoms with Crippen molar-refractivity contribution in [3.8, 4) is 0 Å². The Morgan fingerprint density at radius 3 is 2.33 bits per heavy atom. The first-order valence-electron chi connectivity index (χ1n) is 7.48. The molecule has 1 N–H and O–H groups in total. The normalized spacial score (nSPS) is 13.1. The fraction of sp³-hybridized carbons (Fsp3) is 0.368. The standard InChI is InChI=1S/C19H24FN/c1-19(2,3)21-14-17(12-15-8-5-4-6-9-15)16-10-7-11-18(20)13-16/h4-11,13,17,21H,12,14H2,1-3H3. The van der Waals surface area contributed by atoms with E-state index in [1.165, 1.54) is 11.6 Å². The van der Waals surface area contributed by atoms with E-state index in [2.05, 4.69) is 50.4 Å². The van der Waals surface area contributed by atoms with Gasteiger partial charge in [-0.15, -0.1) is 0 Å². The second-order valence-corrected chi connectivity index (χ2v) is 6.57. The van der Waals surface area contributed by atoms with Gasteiger partial charge < -0.3 is 5.32 Å². The highest BCUT2D eigenvalue weighted by molar-refractivity contribution is 5.25. The van der Waals surface area contributed by atoms with Gasteiger partial charge in [-0.25, -0.2) is 4.39 Å². The first-order valence-corrected chi connectivity index (χ1v) is 7.48. The van der Waals surface area contributed by atoms with E-state index in [0.29, 0.717) is 0 Å². The van der Waals surface area contributed by atoms with E-state index in [4.69, 9.17) is 0 Å². The van der Waals surface area contributed by atoms with Crippen LogP contribution >= 0.6 is 0 Å². The Kier molecular flexibility index (Phi) is 5.13. The summed E-state index contributed by atoms with van der Waals surface area (Å²) in [5.74, 6) is 0.101. The first-order chi connectivity index (χ1) is 9.94. The third-order valence-corrected chi connectivity index (χ3v) is 3.52. The number of nitrogens with one attached hydrogen (secondary N) is 1. The fourth-order valence-electron chi connectivity index (χ4n) is 2.40. The summed E-state index contributed by atoms with van der Waals surface area (Å²) in [5, 5.41) is 3.54. The summed E-state index contributed by atoms with van der Waals surface area (Å²) in [4.78, 5) is 0. The van der Waals surface area contributed by atoms with Crippen molar-refractivity contribution in [1.29, 1.82) is 0 Å². The molecule has 0 aliphatic heterocycles. The van der Waals surface area contributed by atoms with E-state index in [1.54, 1.807) is 12.1 Å². The van der Waals surface area contributed by atoms with Gasteiger partial charge in [0.05, 0.1) is 0 Å². The molecule has 0 aliphatic carbocycles. The van der Waals surface area contributed by atoms with Crippen molar-refractivity contribution in [2.24, 2.45) is 0 Å². The molecule has 0 heterocycles. The molecule has 112 valence electrons. The number of hydrogen-bond acceptors (Lipinski definition) is 1. The molecule has 2 aromatic carbocycles. The van der Waals surface area contributed by atoms with Crippen LogP contribution in [0.2, 0.25) is 0 Å². The lowest BCUT2D eigenvalue weighted by molar-refractivity contribution is 0.404. The SMILES string of the molecule is CC(C)(C)NCC(Cc1ccccc1)c1cccc(F)c1. The average molecular weight is 285 g/mol. The van der Waals surface area contributed by atoms with Crippen molar-refractivity contribution >= 4 is 0 Å². The van der Waals surface area contributed by atoms with Gasteiger partial charge in [0.1, 0.15) is 5.82 Å². The Morgan fingerprint density at radius 1 is 1.00 bits per heavy atom. The summed E-state index contributed by atoms with van der Waals surface area (Å²) >= 11 is 0. The number of hydrogen-bond donors (Lipinski definition) is 1. The molecule has 0 bridgehead atoms. The number of halogens is 1. The van der Waals surface area contributed by atoms with Gasteiger partial charge in [0.15, 0.2) is 0 Å². The van der Waals surface area contributed by atoms with Crippen LogP contribution in [-0.2, 0) is 6.42 Å². The molecular formula is C19H24FN. The molecule has 1 unspecified atom stereocenters. The minimum Gasteiger partial charge on any atom is -0.311 e. The van der Waals surface area contributed by atoms with Crippen LogP contribution < -0.4 is 5.32 Å². The predicted molar refractivity (Wildman–Crippen MR) is 87.0 cm³/mol. The molecule has 0 spiro atoms. The molecule has 2 heteroatoms. The first kappa shape index (κ1) is 15.7. The van der Waals surface area contributed by atoms with Crippen molar-refractivity contribution in [2.75, 3.05) is 6.54 Å². The Bertz CT molecular complexity index is 557. The van der Waals surface area contributed by atoms with Gasteiger partial charge in [0, 0.05) is 18.0 Å². The minimum atomic E-state index is -0.165. The summed E-state index contributed by atoms with van der Waals surface area (Å²) < 4.78 is 13.5. The molecule has 2 aromatic rings. The topological polar surface area (TPSA) is 12.0 Å². The molecule has 0 aromatic heterocycles. The van der Waals surface area contributed by atoms with Crippen LogP contribution in [0, 0.1) is 5.82 Å². The Balaban J connectivity index is 2.17. The summed E-state index contributed by atoms with van der Waals surface area (Å²) in [6.45, 7) is 7.29. The van der Waals surface area contributed by atoms with Crippen LogP contribution in [0.15, 0.2) is 54.6 Å². The average Bonchev–Trinajstić information content (AvgIpc) is 2.43. The summed E-state index contributed by atoms with van der Waals surface area (Å²) in [5.41, 5.74) is 2.39. The van der Waals surface area contributed by atoms with Crippen molar-refractivity contribution in [3.63, 3.8) is 0 Å². The summed E-state index contributed by atoms with van der Waals surface area (Å²) in [6.07, 6.45) is 0.910. The molecular weight excluding hydrogens is 261 g/mol. The van der Waals surface area contributed by atoms with Crippen molar-refractivity contribution in [3.05, 3.63) is 71.5 Å². The molecule has 0 saturated carbocycles. The molecule has 21 heavy (non-hydrogen) atoms.